The molecule has 2 heterocycles. The van der Waals surface area contributed by atoms with Crippen LogP contribution in [0.25, 0.3) is 5.69 Å². The average molecular weight is 471 g/mol. The van der Waals surface area contributed by atoms with Crippen molar-refractivity contribution in [1.82, 2.24) is 19.1 Å². The van der Waals surface area contributed by atoms with Gasteiger partial charge < -0.3 is 4.74 Å². The van der Waals surface area contributed by atoms with Crippen LogP contribution in [-0.4, -0.2) is 64.4 Å². The molecule has 172 valence electrons. The van der Waals surface area contributed by atoms with E-state index in [2.05, 4.69) is 20.6 Å². The van der Waals surface area contributed by atoms with Crippen molar-refractivity contribution in [2.45, 2.75) is 11.8 Å². The van der Waals surface area contributed by atoms with Crippen LogP contribution in [0.15, 0.2) is 65.1 Å². The van der Waals surface area contributed by atoms with E-state index in [1.54, 1.807) is 17.9 Å². The molecule has 4 rings (SSSR count). The van der Waals surface area contributed by atoms with Crippen LogP contribution < -0.4 is 5.43 Å². The highest BCUT2D eigenvalue weighted by atomic mass is 32.2. The maximum atomic E-state index is 13.2. The summed E-state index contributed by atoms with van der Waals surface area (Å²) in [6, 6.07) is 11.0. The van der Waals surface area contributed by atoms with Crippen molar-refractivity contribution in [1.29, 1.82) is 0 Å². The summed E-state index contributed by atoms with van der Waals surface area (Å²) in [7, 11) is -3.99. The van der Waals surface area contributed by atoms with Crippen molar-refractivity contribution in [2.75, 3.05) is 31.7 Å². The molecule has 33 heavy (non-hydrogen) atoms. The number of nitrogens with zero attached hydrogens (tertiary/aromatic N) is 6. The number of hydrogen-bond donors (Lipinski definition) is 1. The van der Waals surface area contributed by atoms with Crippen molar-refractivity contribution in [3.05, 3.63) is 70.8 Å². The Bertz CT molecular complexity index is 1270. The number of ether oxygens (including phenoxy) is 1. The second-order valence-electron chi connectivity index (χ2n) is 7.15. The standard InChI is InChI=1S/C20H21N7O5S/c1-15(16-2-4-17(5-3-16)26-14-21-13-22-26)23-24-19-7-6-18(27(28)29)12-20(19)33(30,31)25-8-10-32-11-9-25/h2-7,12-14,24H,8-11H2,1H3/b23-15+. The van der Waals surface area contributed by atoms with Gasteiger partial charge in [-0.15, -0.1) is 0 Å². The summed E-state index contributed by atoms with van der Waals surface area (Å²) in [5.74, 6) is 0. The van der Waals surface area contributed by atoms with Gasteiger partial charge in [0.05, 0.1) is 35.2 Å². The van der Waals surface area contributed by atoms with Crippen LogP contribution in [0.4, 0.5) is 11.4 Å². The monoisotopic (exact) mass is 471 g/mol. The summed E-state index contributed by atoms with van der Waals surface area (Å²) in [5.41, 5.74) is 4.80. The zero-order valence-electron chi connectivity index (χ0n) is 17.7. The molecule has 0 unspecified atom stereocenters. The van der Waals surface area contributed by atoms with Crippen LogP contribution in [0.1, 0.15) is 12.5 Å². The van der Waals surface area contributed by atoms with Gasteiger partial charge in [0.15, 0.2) is 0 Å². The SMILES string of the molecule is C/C(=N\Nc1ccc([N+](=O)[O-])cc1S(=O)(=O)N1CCOCC1)c1ccc(-n2cncn2)cc1. The number of nitro benzene ring substituents is 1. The highest BCUT2D eigenvalue weighted by Gasteiger charge is 2.30. The van der Waals surface area contributed by atoms with E-state index < -0.39 is 14.9 Å². The molecule has 3 aromatic rings. The number of nitro groups is 1. The molecule has 1 N–H and O–H groups in total. The smallest absolute Gasteiger partial charge is 0.270 e. The average Bonchev–Trinajstić information content (AvgIpc) is 3.38. The largest absolute Gasteiger partial charge is 0.379 e. The first kappa shape index (κ1) is 22.5. The van der Waals surface area contributed by atoms with E-state index in [0.29, 0.717) is 5.71 Å². The van der Waals surface area contributed by atoms with Crippen molar-refractivity contribution < 1.29 is 18.1 Å². The highest BCUT2D eigenvalue weighted by molar-refractivity contribution is 7.89. The first-order valence-corrected chi connectivity index (χ1v) is 11.4. The molecule has 12 nitrogen and oxygen atoms in total. The number of sulfonamides is 1. The Hall–Kier alpha value is -3.68. The van der Waals surface area contributed by atoms with Crippen LogP contribution >= 0.6 is 0 Å². The van der Waals surface area contributed by atoms with Gasteiger partial charge in [-0.1, -0.05) is 12.1 Å². The normalized spacial score (nSPS) is 15.4. The van der Waals surface area contributed by atoms with E-state index in [0.717, 1.165) is 17.3 Å². The fraction of sp³-hybridized carbons (Fsp3) is 0.250. The number of anilines is 1. The summed E-state index contributed by atoms with van der Waals surface area (Å²) in [6.45, 7) is 2.63. The first-order chi connectivity index (χ1) is 15.9. The molecule has 0 atom stereocenters. The Morgan fingerprint density at radius 1 is 1.18 bits per heavy atom. The second kappa shape index (κ2) is 9.44. The lowest BCUT2D eigenvalue weighted by atomic mass is 10.1. The molecule has 1 saturated heterocycles. The molecular formula is C20H21N7O5S. The third-order valence-electron chi connectivity index (χ3n) is 5.08. The van der Waals surface area contributed by atoms with Crippen molar-refractivity contribution in [2.24, 2.45) is 5.10 Å². The number of benzene rings is 2. The van der Waals surface area contributed by atoms with E-state index in [1.807, 2.05) is 24.3 Å². The molecule has 0 spiro atoms. The van der Waals surface area contributed by atoms with Gasteiger partial charge in [0.1, 0.15) is 17.6 Å². The highest BCUT2D eigenvalue weighted by Crippen LogP contribution is 2.29. The number of hydrogen-bond acceptors (Lipinski definition) is 9. The molecule has 1 fully saturated rings. The van der Waals surface area contributed by atoms with Gasteiger partial charge in [-0.25, -0.2) is 18.1 Å². The fourth-order valence-corrected chi connectivity index (χ4v) is 4.83. The van der Waals surface area contributed by atoms with Gasteiger partial charge in [-0.2, -0.15) is 14.5 Å². The minimum Gasteiger partial charge on any atom is -0.379 e. The van der Waals surface area contributed by atoms with Crippen molar-refractivity contribution in [3.8, 4) is 5.69 Å². The molecule has 2 aromatic carbocycles. The molecule has 1 aromatic heterocycles. The summed E-state index contributed by atoms with van der Waals surface area (Å²) in [6.07, 6.45) is 3.03. The van der Waals surface area contributed by atoms with Gasteiger partial charge in [0.2, 0.25) is 10.0 Å². The van der Waals surface area contributed by atoms with Gasteiger partial charge in [0.25, 0.3) is 5.69 Å². The number of nitrogens with one attached hydrogen (secondary N) is 1. The lowest BCUT2D eigenvalue weighted by Gasteiger charge is -2.26. The molecular weight excluding hydrogens is 450 g/mol. The Labute approximate surface area is 189 Å². The third kappa shape index (κ3) is 4.89. The van der Waals surface area contributed by atoms with Gasteiger partial charge in [-0.3, -0.25) is 15.5 Å². The summed E-state index contributed by atoms with van der Waals surface area (Å²) in [4.78, 5) is 14.3. The molecule has 1 aliphatic rings. The molecule has 1 aliphatic heterocycles. The van der Waals surface area contributed by atoms with E-state index in [-0.39, 0.29) is 42.6 Å². The molecule has 0 radical (unpaired) electrons. The fourth-order valence-electron chi connectivity index (χ4n) is 3.26. The Balaban J connectivity index is 1.62. The van der Waals surface area contributed by atoms with Gasteiger partial charge in [-0.05, 0) is 30.7 Å². The Kier molecular flexibility index (Phi) is 6.44. The first-order valence-electron chi connectivity index (χ1n) is 9.98. The summed E-state index contributed by atoms with van der Waals surface area (Å²) in [5, 5.41) is 19.6. The van der Waals surface area contributed by atoms with Gasteiger partial charge >= 0.3 is 0 Å². The lowest BCUT2D eigenvalue weighted by Crippen LogP contribution is -2.40. The van der Waals surface area contributed by atoms with E-state index >= 15 is 0 Å². The van der Waals surface area contributed by atoms with E-state index in [4.69, 9.17) is 4.74 Å². The predicted octanol–water partition coefficient (Wildman–Crippen LogP) is 2.03. The maximum absolute atomic E-state index is 13.2. The summed E-state index contributed by atoms with van der Waals surface area (Å²) < 4.78 is 34.5. The molecule has 0 bridgehead atoms. The minimum atomic E-state index is -3.99. The van der Waals surface area contributed by atoms with Crippen LogP contribution in [0.5, 0.6) is 0 Å². The topological polar surface area (TPSA) is 145 Å². The van der Waals surface area contributed by atoms with Crippen molar-refractivity contribution >= 4 is 27.1 Å². The number of aromatic nitrogens is 3. The molecule has 0 aliphatic carbocycles. The third-order valence-corrected chi connectivity index (χ3v) is 7.01. The zero-order chi connectivity index (χ0) is 23.4. The molecule has 13 heteroatoms. The van der Waals surface area contributed by atoms with Crippen molar-refractivity contribution in [3.63, 3.8) is 0 Å². The number of rotatable bonds is 7. The predicted molar refractivity (Wildman–Crippen MR) is 120 cm³/mol. The molecule has 0 saturated carbocycles. The van der Waals surface area contributed by atoms with Crippen LogP contribution in [0, 0.1) is 10.1 Å². The zero-order valence-corrected chi connectivity index (χ0v) is 18.5. The minimum absolute atomic E-state index is 0.144. The van der Waals surface area contributed by atoms with E-state index in [9.17, 15) is 18.5 Å². The van der Waals surface area contributed by atoms with Crippen LogP contribution in [0.2, 0.25) is 0 Å². The summed E-state index contributed by atoms with van der Waals surface area (Å²) >= 11 is 0. The number of non-ortho nitro benzene ring substituents is 1. The molecule has 0 amide bonds. The number of hydrazone groups is 1. The number of morpholine rings is 1. The lowest BCUT2D eigenvalue weighted by molar-refractivity contribution is -0.385. The quantitative estimate of drug-likeness (QED) is 0.313. The second-order valence-corrected chi connectivity index (χ2v) is 9.06. The maximum Gasteiger partial charge on any atom is 0.270 e. The Morgan fingerprint density at radius 2 is 1.91 bits per heavy atom. The van der Waals surface area contributed by atoms with E-state index in [1.165, 1.54) is 22.8 Å². The van der Waals surface area contributed by atoms with Crippen LogP contribution in [0.3, 0.4) is 0 Å². The van der Waals surface area contributed by atoms with Gasteiger partial charge in [0, 0.05) is 25.2 Å². The van der Waals surface area contributed by atoms with Crippen LogP contribution in [-0.2, 0) is 14.8 Å². The Morgan fingerprint density at radius 3 is 2.55 bits per heavy atom.